The number of esters is 1. The second-order valence-electron chi connectivity index (χ2n) is 4.08. The number of aliphatic carboxylic acids is 1. The van der Waals surface area contributed by atoms with Gasteiger partial charge in [-0.05, 0) is 7.05 Å². The predicted molar refractivity (Wildman–Crippen MR) is 51.3 cm³/mol. The van der Waals surface area contributed by atoms with E-state index in [1.54, 1.807) is 0 Å². The standard InChI is InChI=1S/C10H13NO4/c1-11-4-2-10(3-5-11)7(9(13)14)6-8(12)15-10/h6H,2-5H2,1H3,(H,13,14). The lowest BCUT2D eigenvalue weighted by Crippen LogP contribution is -2.45. The SMILES string of the molecule is CN1CCC2(CC1)OC(=O)C=C2C(=O)O. The lowest BCUT2D eigenvalue weighted by atomic mass is 9.85. The third-order valence-corrected chi connectivity index (χ3v) is 3.07. The van der Waals surface area contributed by atoms with E-state index >= 15 is 0 Å². The first kappa shape index (κ1) is 10.2. The second-order valence-corrected chi connectivity index (χ2v) is 4.08. The highest BCUT2D eigenvalue weighted by Crippen LogP contribution is 2.37. The Labute approximate surface area is 87.3 Å². The van der Waals surface area contributed by atoms with Crippen molar-refractivity contribution in [2.75, 3.05) is 20.1 Å². The molecule has 1 spiro atoms. The van der Waals surface area contributed by atoms with Gasteiger partial charge in [0.1, 0.15) is 5.60 Å². The van der Waals surface area contributed by atoms with E-state index in [1.807, 2.05) is 7.05 Å². The maximum Gasteiger partial charge on any atom is 0.335 e. The third kappa shape index (κ3) is 1.63. The van der Waals surface area contributed by atoms with Gasteiger partial charge in [0, 0.05) is 32.0 Å². The van der Waals surface area contributed by atoms with Crippen molar-refractivity contribution < 1.29 is 19.4 Å². The molecule has 0 radical (unpaired) electrons. The van der Waals surface area contributed by atoms with Crippen LogP contribution in [0.5, 0.6) is 0 Å². The van der Waals surface area contributed by atoms with E-state index in [4.69, 9.17) is 9.84 Å². The number of nitrogens with zero attached hydrogens (tertiary/aromatic N) is 1. The van der Waals surface area contributed by atoms with Crippen LogP contribution in [-0.2, 0) is 14.3 Å². The molecule has 15 heavy (non-hydrogen) atoms. The van der Waals surface area contributed by atoms with Crippen molar-refractivity contribution in [2.24, 2.45) is 0 Å². The van der Waals surface area contributed by atoms with Crippen LogP contribution in [0.15, 0.2) is 11.6 Å². The molecule has 0 unspecified atom stereocenters. The minimum Gasteiger partial charge on any atom is -0.478 e. The summed E-state index contributed by atoms with van der Waals surface area (Å²) < 4.78 is 5.17. The number of hydrogen-bond donors (Lipinski definition) is 1. The first-order chi connectivity index (χ1) is 7.03. The topological polar surface area (TPSA) is 66.8 Å². The zero-order valence-electron chi connectivity index (χ0n) is 8.52. The fourth-order valence-electron chi connectivity index (χ4n) is 2.13. The van der Waals surface area contributed by atoms with E-state index in [9.17, 15) is 9.59 Å². The minimum atomic E-state index is -1.05. The molecule has 2 aliphatic rings. The fourth-order valence-corrected chi connectivity index (χ4v) is 2.13. The molecule has 1 N–H and O–H groups in total. The number of carboxylic acids is 1. The van der Waals surface area contributed by atoms with E-state index in [2.05, 4.69) is 4.90 Å². The van der Waals surface area contributed by atoms with Crippen molar-refractivity contribution in [1.29, 1.82) is 0 Å². The average Bonchev–Trinajstić information content (AvgIpc) is 2.49. The van der Waals surface area contributed by atoms with Crippen LogP contribution in [0.3, 0.4) is 0 Å². The number of carbonyl (C=O) groups is 2. The molecule has 2 heterocycles. The highest BCUT2D eigenvalue weighted by atomic mass is 16.6. The van der Waals surface area contributed by atoms with Gasteiger partial charge in [-0.2, -0.15) is 0 Å². The van der Waals surface area contributed by atoms with Crippen LogP contribution in [0.4, 0.5) is 0 Å². The van der Waals surface area contributed by atoms with Crippen molar-refractivity contribution in [2.45, 2.75) is 18.4 Å². The summed E-state index contributed by atoms with van der Waals surface area (Å²) in [5.41, 5.74) is -0.754. The summed E-state index contributed by atoms with van der Waals surface area (Å²) in [6.45, 7) is 1.50. The molecule has 5 heteroatoms. The number of carboxylic acid groups (broad SMARTS) is 1. The molecule has 0 saturated carbocycles. The highest BCUT2D eigenvalue weighted by Gasteiger charge is 2.47. The molecule has 82 valence electrons. The zero-order chi connectivity index (χ0) is 11.1. The van der Waals surface area contributed by atoms with Gasteiger partial charge in [0.25, 0.3) is 0 Å². The van der Waals surface area contributed by atoms with Crippen molar-refractivity contribution in [1.82, 2.24) is 4.90 Å². The fraction of sp³-hybridized carbons (Fsp3) is 0.600. The van der Waals surface area contributed by atoms with Gasteiger partial charge in [0.2, 0.25) is 0 Å². The van der Waals surface area contributed by atoms with Gasteiger partial charge >= 0.3 is 11.9 Å². The van der Waals surface area contributed by atoms with Crippen LogP contribution in [0.25, 0.3) is 0 Å². The Morgan fingerprint density at radius 1 is 1.53 bits per heavy atom. The zero-order valence-corrected chi connectivity index (χ0v) is 8.52. The lowest BCUT2D eigenvalue weighted by molar-refractivity contribution is -0.151. The van der Waals surface area contributed by atoms with Crippen LogP contribution >= 0.6 is 0 Å². The second kappa shape index (κ2) is 3.34. The molecule has 2 rings (SSSR count). The molecule has 0 aromatic carbocycles. The summed E-state index contributed by atoms with van der Waals surface area (Å²) in [4.78, 5) is 24.2. The third-order valence-electron chi connectivity index (χ3n) is 3.07. The summed E-state index contributed by atoms with van der Waals surface area (Å²) >= 11 is 0. The summed E-state index contributed by atoms with van der Waals surface area (Å²) in [6, 6.07) is 0. The molecule has 1 fully saturated rings. The Morgan fingerprint density at radius 2 is 2.13 bits per heavy atom. The first-order valence-corrected chi connectivity index (χ1v) is 4.90. The van der Waals surface area contributed by atoms with E-state index in [0.29, 0.717) is 12.8 Å². The van der Waals surface area contributed by atoms with E-state index in [1.165, 1.54) is 0 Å². The lowest BCUT2D eigenvalue weighted by Gasteiger charge is -2.37. The Morgan fingerprint density at radius 3 is 2.67 bits per heavy atom. The Bertz CT molecular complexity index is 339. The molecule has 0 atom stereocenters. The first-order valence-electron chi connectivity index (χ1n) is 4.90. The molecule has 0 aromatic rings. The number of ether oxygens (including phenoxy) is 1. The summed E-state index contributed by atoms with van der Waals surface area (Å²) in [5.74, 6) is -1.58. The number of rotatable bonds is 1. The smallest absolute Gasteiger partial charge is 0.335 e. The average molecular weight is 211 g/mol. The molecular weight excluding hydrogens is 198 g/mol. The van der Waals surface area contributed by atoms with Gasteiger partial charge in [-0.3, -0.25) is 0 Å². The molecule has 0 bridgehead atoms. The van der Waals surface area contributed by atoms with E-state index < -0.39 is 17.5 Å². The molecule has 5 nitrogen and oxygen atoms in total. The van der Waals surface area contributed by atoms with Crippen LogP contribution in [0, 0.1) is 0 Å². The molecule has 0 aliphatic carbocycles. The van der Waals surface area contributed by atoms with Crippen molar-refractivity contribution in [3.8, 4) is 0 Å². The highest BCUT2D eigenvalue weighted by molar-refractivity contribution is 6.00. The van der Waals surface area contributed by atoms with Gasteiger partial charge in [0.15, 0.2) is 0 Å². The van der Waals surface area contributed by atoms with Gasteiger partial charge in [-0.15, -0.1) is 0 Å². The van der Waals surface area contributed by atoms with Crippen LogP contribution in [0.2, 0.25) is 0 Å². The number of carbonyl (C=O) groups excluding carboxylic acids is 1. The Hall–Kier alpha value is -1.36. The minimum absolute atomic E-state index is 0.112. The van der Waals surface area contributed by atoms with Gasteiger partial charge in [-0.1, -0.05) is 0 Å². The maximum atomic E-state index is 11.1. The van der Waals surface area contributed by atoms with Gasteiger partial charge < -0.3 is 14.7 Å². The van der Waals surface area contributed by atoms with Gasteiger partial charge in [-0.25, -0.2) is 9.59 Å². The molecule has 0 amide bonds. The summed E-state index contributed by atoms with van der Waals surface area (Å²) in [5, 5.41) is 9.00. The van der Waals surface area contributed by atoms with E-state index in [0.717, 1.165) is 19.2 Å². The number of likely N-dealkylation sites (tertiary alicyclic amines) is 1. The normalized spacial score (nSPS) is 25.1. The monoisotopic (exact) mass is 211 g/mol. The maximum absolute atomic E-state index is 11.1. The van der Waals surface area contributed by atoms with Crippen molar-refractivity contribution in [3.63, 3.8) is 0 Å². The molecular formula is C10H13NO4. The van der Waals surface area contributed by atoms with Crippen LogP contribution in [-0.4, -0.2) is 47.7 Å². The Balaban J connectivity index is 2.25. The number of hydrogen-bond acceptors (Lipinski definition) is 4. The molecule has 2 aliphatic heterocycles. The predicted octanol–water partition coefficient (Wildman–Crippen LogP) is 0.0186. The van der Waals surface area contributed by atoms with Crippen LogP contribution < -0.4 is 0 Å². The largest absolute Gasteiger partial charge is 0.478 e. The summed E-state index contributed by atoms with van der Waals surface area (Å²) in [6.07, 6.45) is 2.23. The Kier molecular flexibility index (Phi) is 2.26. The molecule has 0 aromatic heterocycles. The van der Waals surface area contributed by atoms with Crippen molar-refractivity contribution in [3.05, 3.63) is 11.6 Å². The van der Waals surface area contributed by atoms with E-state index in [-0.39, 0.29) is 5.57 Å². The van der Waals surface area contributed by atoms with Gasteiger partial charge in [0.05, 0.1) is 5.57 Å². The summed E-state index contributed by atoms with van der Waals surface area (Å²) in [7, 11) is 1.97. The van der Waals surface area contributed by atoms with Crippen LogP contribution in [0.1, 0.15) is 12.8 Å². The van der Waals surface area contributed by atoms with Crippen molar-refractivity contribution >= 4 is 11.9 Å². The molecule has 1 saturated heterocycles. The quantitative estimate of drug-likeness (QED) is 0.619. The number of piperidine rings is 1.